The minimum atomic E-state index is -0.0784. The SMILES string of the molecule is CCc1cc(C(C)N)c2c(c1)C(NC(=O)CC(C)C)CCO2. The Morgan fingerprint density at radius 1 is 1.41 bits per heavy atom. The Kier molecular flexibility index (Phi) is 5.46. The molecule has 2 atom stereocenters. The molecule has 1 aromatic rings. The lowest BCUT2D eigenvalue weighted by atomic mass is 9.91. The third-order valence-corrected chi connectivity index (χ3v) is 4.06. The molecular formula is C18H28N2O2. The van der Waals surface area contributed by atoms with Crippen LogP contribution in [0.15, 0.2) is 12.1 Å². The number of rotatable bonds is 5. The molecule has 0 radical (unpaired) electrons. The average molecular weight is 304 g/mol. The third kappa shape index (κ3) is 3.80. The second-order valence-corrected chi connectivity index (χ2v) is 6.60. The number of nitrogens with two attached hydrogens (primary N) is 1. The van der Waals surface area contributed by atoms with Gasteiger partial charge in [-0.1, -0.05) is 32.9 Å². The summed E-state index contributed by atoms with van der Waals surface area (Å²) in [5, 5.41) is 3.16. The van der Waals surface area contributed by atoms with Crippen LogP contribution in [0.1, 0.15) is 69.3 Å². The molecule has 0 aliphatic carbocycles. The van der Waals surface area contributed by atoms with Gasteiger partial charge in [-0.2, -0.15) is 0 Å². The van der Waals surface area contributed by atoms with Crippen LogP contribution in [0.5, 0.6) is 5.75 Å². The van der Waals surface area contributed by atoms with Gasteiger partial charge < -0.3 is 15.8 Å². The molecule has 1 aliphatic heterocycles. The number of hydrogen-bond acceptors (Lipinski definition) is 3. The number of carbonyl (C=O) groups excluding carboxylic acids is 1. The lowest BCUT2D eigenvalue weighted by Gasteiger charge is -2.30. The van der Waals surface area contributed by atoms with Crippen LogP contribution in [-0.4, -0.2) is 12.5 Å². The molecule has 0 fully saturated rings. The smallest absolute Gasteiger partial charge is 0.220 e. The first kappa shape index (κ1) is 16.8. The van der Waals surface area contributed by atoms with Crippen LogP contribution in [-0.2, 0) is 11.2 Å². The fourth-order valence-electron chi connectivity index (χ4n) is 2.92. The van der Waals surface area contributed by atoms with Gasteiger partial charge in [0.1, 0.15) is 5.75 Å². The van der Waals surface area contributed by atoms with Crippen molar-refractivity contribution in [3.05, 3.63) is 28.8 Å². The van der Waals surface area contributed by atoms with Crippen LogP contribution in [0.4, 0.5) is 0 Å². The summed E-state index contributed by atoms with van der Waals surface area (Å²) in [6, 6.07) is 4.23. The highest BCUT2D eigenvalue weighted by Gasteiger charge is 2.26. The second-order valence-electron chi connectivity index (χ2n) is 6.60. The summed E-state index contributed by atoms with van der Waals surface area (Å²) in [5.41, 5.74) is 9.46. The summed E-state index contributed by atoms with van der Waals surface area (Å²) in [6.45, 7) is 8.83. The number of hydrogen-bond donors (Lipinski definition) is 2. The van der Waals surface area contributed by atoms with Crippen molar-refractivity contribution in [3.63, 3.8) is 0 Å². The van der Waals surface area contributed by atoms with E-state index in [1.54, 1.807) is 0 Å². The molecule has 2 rings (SSSR count). The molecule has 1 amide bonds. The lowest BCUT2D eigenvalue weighted by Crippen LogP contribution is -2.33. The largest absolute Gasteiger partial charge is 0.493 e. The van der Waals surface area contributed by atoms with Crippen molar-refractivity contribution >= 4 is 5.91 Å². The highest BCUT2D eigenvalue weighted by Crippen LogP contribution is 2.38. The lowest BCUT2D eigenvalue weighted by molar-refractivity contribution is -0.122. The maximum absolute atomic E-state index is 12.1. The molecule has 0 bridgehead atoms. The molecule has 0 aromatic heterocycles. The summed E-state index contributed by atoms with van der Waals surface area (Å²) in [4.78, 5) is 12.1. The quantitative estimate of drug-likeness (QED) is 0.877. The topological polar surface area (TPSA) is 64.3 Å². The molecule has 22 heavy (non-hydrogen) atoms. The predicted molar refractivity (Wildman–Crippen MR) is 88.9 cm³/mol. The Labute approximate surface area is 133 Å². The van der Waals surface area contributed by atoms with Gasteiger partial charge in [-0.3, -0.25) is 4.79 Å². The molecule has 4 nitrogen and oxygen atoms in total. The minimum absolute atomic E-state index is 0.0269. The molecule has 122 valence electrons. The summed E-state index contributed by atoms with van der Waals surface area (Å²) in [5.74, 6) is 1.34. The minimum Gasteiger partial charge on any atom is -0.493 e. The fourth-order valence-corrected chi connectivity index (χ4v) is 2.92. The third-order valence-electron chi connectivity index (χ3n) is 4.06. The Hall–Kier alpha value is -1.55. The highest BCUT2D eigenvalue weighted by atomic mass is 16.5. The van der Waals surface area contributed by atoms with E-state index in [0.717, 1.165) is 29.7 Å². The van der Waals surface area contributed by atoms with Crippen molar-refractivity contribution in [1.82, 2.24) is 5.32 Å². The van der Waals surface area contributed by atoms with Crippen LogP contribution >= 0.6 is 0 Å². The normalized spacial score (nSPS) is 18.5. The van der Waals surface area contributed by atoms with Crippen molar-refractivity contribution in [3.8, 4) is 5.75 Å². The van der Waals surface area contributed by atoms with Crippen molar-refractivity contribution in [1.29, 1.82) is 0 Å². The van der Waals surface area contributed by atoms with E-state index >= 15 is 0 Å². The molecule has 1 aromatic carbocycles. The van der Waals surface area contributed by atoms with E-state index in [9.17, 15) is 4.79 Å². The summed E-state index contributed by atoms with van der Waals surface area (Å²) >= 11 is 0. The van der Waals surface area contributed by atoms with Gasteiger partial charge in [-0.25, -0.2) is 0 Å². The van der Waals surface area contributed by atoms with Crippen molar-refractivity contribution in [2.45, 2.75) is 59.0 Å². The van der Waals surface area contributed by atoms with Crippen LogP contribution < -0.4 is 15.8 Å². The zero-order valence-electron chi connectivity index (χ0n) is 14.1. The number of benzene rings is 1. The van der Waals surface area contributed by atoms with Crippen molar-refractivity contribution in [2.24, 2.45) is 11.7 Å². The average Bonchev–Trinajstić information content (AvgIpc) is 2.45. The van der Waals surface area contributed by atoms with Crippen LogP contribution in [0, 0.1) is 5.92 Å². The van der Waals surface area contributed by atoms with Gasteiger partial charge in [0.05, 0.1) is 12.6 Å². The zero-order valence-corrected chi connectivity index (χ0v) is 14.1. The van der Waals surface area contributed by atoms with Crippen LogP contribution in [0.2, 0.25) is 0 Å². The molecular weight excluding hydrogens is 276 g/mol. The first-order chi connectivity index (χ1) is 10.4. The Bertz CT molecular complexity index is 538. The summed E-state index contributed by atoms with van der Waals surface area (Å²) < 4.78 is 5.88. The molecule has 1 aliphatic rings. The molecule has 3 N–H and O–H groups in total. The standard InChI is InChI=1S/C18H28N2O2/c1-5-13-9-14(12(4)19)18-15(10-13)16(6-7-22-18)20-17(21)8-11(2)3/h9-12,16H,5-8,19H2,1-4H3,(H,20,21). The highest BCUT2D eigenvalue weighted by molar-refractivity contribution is 5.77. The second kappa shape index (κ2) is 7.14. The van der Waals surface area contributed by atoms with Crippen molar-refractivity contribution in [2.75, 3.05) is 6.61 Å². The van der Waals surface area contributed by atoms with Crippen LogP contribution in [0.25, 0.3) is 0 Å². The van der Waals surface area contributed by atoms with E-state index in [-0.39, 0.29) is 18.0 Å². The molecule has 4 heteroatoms. The van der Waals surface area contributed by atoms with Gasteiger partial charge in [0, 0.05) is 30.0 Å². The van der Waals surface area contributed by atoms with Gasteiger partial charge in [-0.05, 0) is 24.8 Å². The molecule has 0 spiro atoms. The number of carbonyl (C=O) groups is 1. The van der Waals surface area contributed by atoms with E-state index in [4.69, 9.17) is 10.5 Å². The monoisotopic (exact) mass is 304 g/mol. The van der Waals surface area contributed by atoms with E-state index in [2.05, 4.69) is 38.2 Å². The van der Waals surface area contributed by atoms with E-state index < -0.39 is 0 Å². The number of fused-ring (bicyclic) bond motifs is 1. The maximum atomic E-state index is 12.1. The molecule has 1 heterocycles. The predicted octanol–water partition coefficient (Wildman–Crippen LogP) is 3.25. The van der Waals surface area contributed by atoms with Crippen molar-refractivity contribution < 1.29 is 9.53 Å². The summed E-state index contributed by atoms with van der Waals surface area (Å²) in [7, 11) is 0. The molecule has 0 saturated carbocycles. The van der Waals surface area contributed by atoms with Gasteiger partial charge in [0.25, 0.3) is 0 Å². The molecule has 2 unspecified atom stereocenters. The number of aryl methyl sites for hydroxylation is 1. The Balaban J connectivity index is 2.32. The maximum Gasteiger partial charge on any atom is 0.220 e. The molecule has 0 saturated heterocycles. The summed E-state index contributed by atoms with van der Waals surface area (Å²) in [6.07, 6.45) is 2.31. The number of amides is 1. The Morgan fingerprint density at radius 2 is 2.14 bits per heavy atom. The number of nitrogens with one attached hydrogen (secondary N) is 1. The number of ether oxygens (including phenoxy) is 1. The fraction of sp³-hybridized carbons (Fsp3) is 0.611. The van der Waals surface area contributed by atoms with E-state index in [0.29, 0.717) is 18.9 Å². The van der Waals surface area contributed by atoms with E-state index in [1.165, 1.54) is 5.56 Å². The Morgan fingerprint density at radius 3 is 2.73 bits per heavy atom. The van der Waals surface area contributed by atoms with Gasteiger partial charge in [0.15, 0.2) is 0 Å². The van der Waals surface area contributed by atoms with Gasteiger partial charge in [0.2, 0.25) is 5.91 Å². The van der Waals surface area contributed by atoms with E-state index in [1.807, 2.05) is 6.92 Å². The van der Waals surface area contributed by atoms with Gasteiger partial charge in [-0.15, -0.1) is 0 Å². The first-order valence-corrected chi connectivity index (χ1v) is 8.26. The first-order valence-electron chi connectivity index (χ1n) is 8.26. The van der Waals surface area contributed by atoms with Crippen LogP contribution in [0.3, 0.4) is 0 Å². The van der Waals surface area contributed by atoms with Gasteiger partial charge >= 0.3 is 0 Å². The zero-order chi connectivity index (χ0) is 16.3.